The average molecular weight is 523 g/mol. The van der Waals surface area contributed by atoms with Crippen molar-refractivity contribution < 1.29 is 10.2 Å². The van der Waals surface area contributed by atoms with Crippen molar-refractivity contribution >= 4 is 0 Å². The van der Waals surface area contributed by atoms with E-state index in [1.54, 1.807) is 0 Å². The van der Waals surface area contributed by atoms with E-state index in [1.807, 2.05) is 78.9 Å². The van der Waals surface area contributed by atoms with Crippen LogP contribution in [0, 0.1) is 0 Å². The molecule has 0 saturated carbocycles. The molecule has 2 N–H and O–H groups in total. The van der Waals surface area contributed by atoms with Crippen LogP contribution in [0.15, 0.2) is 141 Å². The largest absolute Gasteiger partial charge is 0.507 e. The van der Waals surface area contributed by atoms with Crippen LogP contribution in [0.1, 0.15) is 34.7 Å². The minimum Gasteiger partial charge on any atom is -0.507 e. The maximum absolute atomic E-state index is 11.4. The number of aromatic hydroxyl groups is 2. The van der Waals surface area contributed by atoms with E-state index < -0.39 is 5.41 Å². The molecule has 0 aliphatic heterocycles. The molecule has 40 heavy (non-hydrogen) atoms. The molecule has 0 saturated heterocycles. The molecule has 0 spiro atoms. The zero-order valence-corrected chi connectivity index (χ0v) is 22.8. The van der Waals surface area contributed by atoms with Gasteiger partial charge in [-0.3, -0.25) is 0 Å². The van der Waals surface area contributed by atoms with Gasteiger partial charge >= 0.3 is 0 Å². The smallest absolute Gasteiger partial charge is 0.126 e. The van der Waals surface area contributed by atoms with E-state index in [-0.39, 0.29) is 11.5 Å². The Labute approximate surface area is 237 Å². The molecule has 5 aromatic rings. The molecular formula is C38H34O2. The summed E-state index contributed by atoms with van der Waals surface area (Å²) in [4.78, 5) is 0. The normalized spacial score (nSPS) is 11.2. The highest BCUT2D eigenvalue weighted by atomic mass is 16.3. The zero-order chi connectivity index (χ0) is 28.1. The number of phenolic OH excluding ortho intramolecular Hbond substituents is 2. The number of phenols is 2. The Kier molecular flexibility index (Phi) is 7.70. The van der Waals surface area contributed by atoms with Crippen molar-refractivity contribution in [2.24, 2.45) is 0 Å². The predicted octanol–water partition coefficient (Wildman–Crippen LogP) is 9.24. The standard InChI is InChI=1S/C38H34O2/c1-4-15-29-23-32(25-34(36(29)39)27-17-9-6-10-18-27)38(3,31-21-13-8-14-22-31)33-24-30(16-5-2)37(40)35(26-33)28-19-11-7-12-20-28/h4-14,17-26,39-40H,1-2,15-16H2,3H3. The third-order valence-electron chi connectivity index (χ3n) is 7.78. The van der Waals surface area contributed by atoms with Gasteiger partial charge in [-0.25, -0.2) is 0 Å². The number of benzene rings is 5. The van der Waals surface area contributed by atoms with Crippen molar-refractivity contribution in [1.29, 1.82) is 0 Å². The third kappa shape index (κ3) is 4.97. The zero-order valence-electron chi connectivity index (χ0n) is 22.8. The molecule has 2 nitrogen and oxygen atoms in total. The van der Waals surface area contributed by atoms with E-state index in [2.05, 4.69) is 68.6 Å². The van der Waals surface area contributed by atoms with Gasteiger partial charge in [0.05, 0.1) is 0 Å². The molecule has 5 aromatic carbocycles. The molecule has 0 aliphatic rings. The van der Waals surface area contributed by atoms with Crippen molar-refractivity contribution in [2.45, 2.75) is 25.2 Å². The molecule has 0 radical (unpaired) electrons. The van der Waals surface area contributed by atoms with Crippen LogP contribution in [0.4, 0.5) is 0 Å². The van der Waals surface area contributed by atoms with Crippen LogP contribution in [-0.4, -0.2) is 10.2 Å². The lowest BCUT2D eigenvalue weighted by atomic mass is 9.69. The third-order valence-corrected chi connectivity index (χ3v) is 7.78. The average Bonchev–Trinajstić information content (AvgIpc) is 3.00. The number of rotatable bonds is 9. The van der Waals surface area contributed by atoms with Crippen LogP contribution in [0.25, 0.3) is 22.3 Å². The van der Waals surface area contributed by atoms with Crippen LogP contribution in [0.2, 0.25) is 0 Å². The van der Waals surface area contributed by atoms with Gasteiger partial charge in [0, 0.05) is 16.5 Å². The molecule has 0 heterocycles. The van der Waals surface area contributed by atoms with E-state index in [4.69, 9.17) is 0 Å². The highest BCUT2D eigenvalue weighted by molar-refractivity contribution is 5.76. The summed E-state index contributed by atoms with van der Waals surface area (Å²) in [7, 11) is 0. The lowest BCUT2D eigenvalue weighted by molar-refractivity contribution is 0.470. The van der Waals surface area contributed by atoms with E-state index in [1.165, 1.54) is 0 Å². The van der Waals surface area contributed by atoms with Gasteiger partial charge in [0.25, 0.3) is 0 Å². The van der Waals surface area contributed by atoms with Crippen LogP contribution < -0.4 is 0 Å². The van der Waals surface area contributed by atoms with Crippen molar-refractivity contribution in [3.8, 4) is 33.8 Å². The van der Waals surface area contributed by atoms with Gasteiger partial charge in [-0.05, 0) is 70.8 Å². The maximum Gasteiger partial charge on any atom is 0.126 e. The monoisotopic (exact) mass is 522 g/mol. The Bertz CT molecular complexity index is 1530. The minimum atomic E-state index is -0.610. The van der Waals surface area contributed by atoms with Gasteiger partial charge in [0.1, 0.15) is 11.5 Å². The number of hydrogen-bond donors (Lipinski definition) is 2. The fourth-order valence-electron chi connectivity index (χ4n) is 5.54. The summed E-state index contributed by atoms with van der Waals surface area (Å²) >= 11 is 0. The fourth-order valence-corrected chi connectivity index (χ4v) is 5.54. The first kappa shape index (κ1) is 26.8. The van der Waals surface area contributed by atoms with Crippen molar-refractivity contribution in [2.75, 3.05) is 0 Å². The molecule has 0 fully saturated rings. The SMILES string of the molecule is C=CCc1cc(C(C)(c2ccccc2)c2cc(CC=C)c(O)c(-c3ccccc3)c2)cc(-c2ccccc2)c1O. The topological polar surface area (TPSA) is 40.5 Å². The maximum atomic E-state index is 11.4. The molecular weight excluding hydrogens is 488 g/mol. The van der Waals surface area contributed by atoms with Gasteiger partial charge in [0.15, 0.2) is 0 Å². The van der Waals surface area contributed by atoms with Crippen LogP contribution in [-0.2, 0) is 18.3 Å². The molecule has 198 valence electrons. The first-order chi connectivity index (χ1) is 19.5. The molecule has 0 amide bonds. The summed E-state index contributed by atoms with van der Waals surface area (Å²) in [5.74, 6) is 0.543. The minimum absolute atomic E-state index is 0.272. The Morgan fingerprint density at radius 1 is 0.550 bits per heavy atom. The molecule has 2 heteroatoms. The van der Waals surface area contributed by atoms with Crippen molar-refractivity contribution in [3.05, 3.63) is 168 Å². The molecule has 0 aliphatic carbocycles. The quantitative estimate of drug-likeness (QED) is 0.150. The Hall–Kier alpha value is -4.82. The van der Waals surface area contributed by atoms with E-state index >= 15 is 0 Å². The molecule has 0 aromatic heterocycles. The molecule has 0 unspecified atom stereocenters. The Morgan fingerprint density at radius 2 is 0.925 bits per heavy atom. The highest BCUT2D eigenvalue weighted by Gasteiger charge is 2.34. The lowest BCUT2D eigenvalue weighted by Crippen LogP contribution is -2.26. The Morgan fingerprint density at radius 3 is 1.30 bits per heavy atom. The fraction of sp³-hybridized carbons (Fsp3) is 0.105. The van der Waals surface area contributed by atoms with Crippen LogP contribution in [0.5, 0.6) is 11.5 Å². The van der Waals surface area contributed by atoms with Gasteiger partial charge in [-0.15, -0.1) is 13.2 Å². The van der Waals surface area contributed by atoms with Gasteiger partial charge < -0.3 is 10.2 Å². The second-order valence-electron chi connectivity index (χ2n) is 10.3. The number of allylic oxidation sites excluding steroid dienone is 2. The summed E-state index contributed by atoms with van der Waals surface area (Å²) in [5, 5.41) is 22.7. The second kappa shape index (κ2) is 11.5. The highest BCUT2D eigenvalue weighted by Crippen LogP contribution is 2.46. The van der Waals surface area contributed by atoms with E-state index in [9.17, 15) is 10.2 Å². The van der Waals surface area contributed by atoms with E-state index in [0.29, 0.717) is 12.8 Å². The van der Waals surface area contributed by atoms with Gasteiger partial charge in [0.2, 0.25) is 0 Å². The second-order valence-corrected chi connectivity index (χ2v) is 10.3. The summed E-state index contributed by atoms with van der Waals surface area (Å²) < 4.78 is 0. The summed E-state index contributed by atoms with van der Waals surface area (Å²) in [5.41, 5.74) is 7.69. The van der Waals surface area contributed by atoms with E-state index in [0.717, 1.165) is 50.1 Å². The number of hydrogen-bond acceptors (Lipinski definition) is 2. The summed E-state index contributed by atoms with van der Waals surface area (Å²) in [6, 6.07) is 38.8. The van der Waals surface area contributed by atoms with Crippen LogP contribution in [0.3, 0.4) is 0 Å². The van der Waals surface area contributed by atoms with Crippen molar-refractivity contribution in [1.82, 2.24) is 0 Å². The van der Waals surface area contributed by atoms with Crippen LogP contribution >= 0.6 is 0 Å². The first-order valence-corrected chi connectivity index (χ1v) is 13.6. The molecule has 5 rings (SSSR count). The summed E-state index contributed by atoms with van der Waals surface area (Å²) in [6.45, 7) is 10.1. The molecule has 0 bridgehead atoms. The first-order valence-electron chi connectivity index (χ1n) is 13.6. The predicted molar refractivity (Wildman–Crippen MR) is 167 cm³/mol. The van der Waals surface area contributed by atoms with Gasteiger partial charge in [-0.2, -0.15) is 0 Å². The lowest BCUT2D eigenvalue weighted by Gasteiger charge is -2.34. The van der Waals surface area contributed by atoms with Crippen molar-refractivity contribution in [3.63, 3.8) is 0 Å². The van der Waals surface area contributed by atoms with Gasteiger partial charge in [-0.1, -0.05) is 115 Å². The molecule has 0 atom stereocenters. The Balaban J connectivity index is 1.85. The summed E-state index contributed by atoms with van der Waals surface area (Å²) in [6.07, 6.45) is 4.72.